The van der Waals surface area contributed by atoms with Crippen molar-refractivity contribution in [3.8, 4) is 11.3 Å². The molecule has 3 aromatic carbocycles. The van der Waals surface area contributed by atoms with E-state index in [1.807, 2.05) is 12.1 Å². The lowest BCUT2D eigenvalue weighted by Gasteiger charge is -2.26. The molecule has 32 heavy (non-hydrogen) atoms. The molecule has 0 saturated heterocycles. The van der Waals surface area contributed by atoms with E-state index in [0.717, 1.165) is 24.8 Å². The molecule has 0 aliphatic heterocycles. The number of aldehydes is 1. The summed E-state index contributed by atoms with van der Waals surface area (Å²) in [4.78, 5) is 33.8. The Bertz CT molecular complexity index is 1330. The molecule has 158 valence electrons. The third-order valence-corrected chi connectivity index (χ3v) is 6.11. The highest BCUT2D eigenvalue weighted by atomic mass is 35.5. The number of benzene rings is 3. The summed E-state index contributed by atoms with van der Waals surface area (Å²) in [7, 11) is 0. The monoisotopic (exact) mass is 441 g/mol. The van der Waals surface area contributed by atoms with Crippen LogP contribution in [0.2, 0.25) is 5.02 Å². The molecule has 1 N–H and O–H groups in total. The summed E-state index contributed by atoms with van der Waals surface area (Å²) in [5.41, 5.74) is 5.54. The molecule has 1 heterocycles. The Balaban J connectivity index is 1.46. The Kier molecular flexibility index (Phi) is 5.41. The zero-order valence-electron chi connectivity index (χ0n) is 17.2. The quantitative estimate of drug-likeness (QED) is 0.420. The largest absolute Gasteiger partial charge is 0.345 e. The molecule has 1 atom stereocenters. The van der Waals surface area contributed by atoms with Crippen LogP contribution >= 0.6 is 11.6 Å². The fourth-order valence-corrected chi connectivity index (χ4v) is 4.38. The maximum Gasteiger partial charge on any atom is 0.251 e. The summed E-state index contributed by atoms with van der Waals surface area (Å²) in [6.45, 7) is 0. The van der Waals surface area contributed by atoms with Gasteiger partial charge in [-0.25, -0.2) is 9.97 Å². The highest BCUT2D eigenvalue weighted by Gasteiger charge is 2.22. The van der Waals surface area contributed by atoms with Gasteiger partial charge in [-0.2, -0.15) is 0 Å². The third-order valence-electron chi connectivity index (χ3n) is 5.86. The van der Waals surface area contributed by atoms with E-state index in [-0.39, 0.29) is 17.6 Å². The van der Waals surface area contributed by atoms with Crippen LogP contribution in [-0.4, -0.2) is 22.2 Å². The molecule has 1 aliphatic carbocycles. The van der Waals surface area contributed by atoms with Crippen LogP contribution in [0.5, 0.6) is 0 Å². The average molecular weight is 442 g/mol. The summed E-state index contributed by atoms with van der Waals surface area (Å²) < 4.78 is 0. The molecule has 5 rings (SSSR count). The first-order valence-corrected chi connectivity index (χ1v) is 10.9. The molecule has 6 heteroatoms. The standard InChI is InChI=1S/C26H20ClN3O2/c27-19-11-8-17(9-12-19)25-24(15-31)28-23-14-18(10-13-22(23)29-25)26(32)30-21-7-3-5-16-4-1-2-6-20(16)21/h1-2,4,6,8-15,21H,3,5,7H2,(H,30,32)/t21-/m1/s1. The molecule has 1 aliphatic rings. The number of amides is 1. The van der Waals surface area contributed by atoms with E-state index in [9.17, 15) is 9.59 Å². The summed E-state index contributed by atoms with van der Waals surface area (Å²) >= 11 is 5.97. The van der Waals surface area contributed by atoms with Gasteiger partial charge in [0.2, 0.25) is 0 Å². The maximum absolute atomic E-state index is 13.0. The number of carbonyl (C=O) groups excluding carboxylic acids is 2. The van der Waals surface area contributed by atoms with Gasteiger partial charge in [-0.3, -0.25) is 9.59 Å². The second-order valence-corrected chi connectivity index (χ2v) is 8.34. The molecule has 0 bridgehead atoms. The number of nitrogens with zero attached hydrogens (tertiary/aromatic N) is 2. The molecule has 0 fully saturated rings. The first kappa shape index (κ1) is 20.3. The van der Waals surface area contributed by atoms with Crippen molar-refractivity contribution in [3.05, 3.63) is 94.1 Å². The molecule has 4 aromatic rings. The molecule has 0 unspecified atom stereocenters. The summed E-state index contributed by atoms with van der Waals surface area (Å²) in [5, 5.41) is 3.76. The number of aromatic nitrogens is 2. The number of rotatable bonds is 4. The van der Waals surface area contributed by atoms with Crippen molar-refractivity contribution in [1.29, 1.82) is 0 Å². The van der Waals surface area contributed by atoms with E-state index < -0.39 is 0 Å². The van der Waals surface area contributed by atoms with Gasteiger partial charge in [0, 0.05) is 16.1 Å². The van der Waals surface area contributed by atoms with Crippen LogP contribution in [0.4, 0.5) is 0 Å². The minimum Gasteiger partial charge on any atom is -0.345 e. The molecule has 1 amide bonds. The number of halogens is 1. The third kappa shape index (κ3) is 3.87. The smallest absolute Gasteiger partial charge is 0.251 e. The van der Waals surface area contributed by atoms with E-state index in [4.69, 9.17) is 11.6 Å². The predicted molar refractivity (Wildman–Crippen MR) is 125 cm³/mol. The van der Waals surface area contributed by atoms with Gasteiger partial charge in [0.05, 0.1) is 17.1 Å². The second-order valence-electron chi connectivity index (χ2n) is 7.90. The van der Waals surface area contributed by atoms with E-state index in [2.05, 4.69) is 27.4 Å². The number of hydrogen-bond donors (Lipinski definition) is 1. The molecule has 0 saturated carbocycles. The van der Waals surface area contributed by atoms with E-state index >= 15 is 0 Å². The Hall–Kier alpha value is -3.57. The van der Waals surface area contributed by atoms with Crippen LogP contribution in [-0.2, 0) is 6.42 Å². The minimum atomic E-state index is -0.162. The van der Waals surface area contributed by atoms with Gasteiger partial charge < -0.3 is 5.32 Å². The van der Waals surface area contributed by atoms with Crippen LogP contribution in [0.1, 0.15) is 50.9 Å². The van der Waals surface area contributed by atoms with Crippen molar-refractivity contribution in [2.75, 3.05) is 0 Å². The zero-order valence-corrected chi connectivity index (χ0v) is 18.0. The molecule has 0 spiro atoms. The van der Waals surface area contributed by atoms with Gasteiger partial charge in [-0.15, -0.1) is 0 Å². The van der Waals surface area contributed by atoms with Crippen molar-refractivity contribution < 1.29 is 9.59 Å². The molecular weight excluding hydrogens is 422 g/mol. The highest BCUT2D eigenvalue weighted by molar-refractivity contribution is 6.30. The number of carbonyl (C=O) groups is 2. The van der Waals surface area contributed by atoms with Gasteiger partial charge in [0.25, 0.3) is 5.91 Å². The van der Waals surface area contributed by atoms with Gasteiger partial charge in [-0.1, -0.05) is 48.0 Å². The summed E-state index contributed by atoms with van der Waals surface area (Å²) in [5.74, 6) is -0.162. The van der Waals surface area contributed by atoms with Gasteiger partial charge in [-0.05, 0) is 60.7 Å². The van der Waals surface area contributed by atoms with Crippen molar-refractivity contribution in [2.45, 2.75) is 25.3 Å². The first-order valence-electron chi connectivity index (χ1n) is 10.5. The zero-order chi connectivity index (χ0) is 22.1. The Morgan fingerprint density at radius 2 is 1.81 bits per heavy atom. The lowest BCUT2D eigenvalue weighted by molar-refractivity contribution is 0.0932. The first-order chi connectivity index (χ1) is 15.6. The second kappa shape index (κ2) is 8.52. The van der Waals surface area contributed by atoms with Crippen molar-refractivity contribution in [2.24, 2.45) is 0 Å². The molecule has 1 aromatic heterocycles. The number of aryl methyl sites for hydroxylation is 1. The van der Waals surface area contributed by atoms with E-state index in [0.29, 0.717) is 33.6 Å². The summed E-state index contributed by atoms with van der Waals surface area (Å²) in [6.07, 6.45) is 3.68. The summed E-state index contributed by atoms with van der Waals surface area (Å²) in [6, 6.07) is 20.5. The molecular formula is C26H20ClN3O2. The fraction of sp³-hybridized carbons (Fsp3) is 0.154. The topological polar surface area (TPSA) is 72.0 Å². The van der Waals surface area contributed by atoms with Crippen LogP contribution in [0.3, 0.4) is 0 Å². The van der Waals surface area contributed by atoms with Gasteiger partial charge in [0.15, 0.2) is 6.29 Å². The van der Waals surface area contributed by atoms with Crippen LogP contribution < -0.4 is 5.32 Å². The normalized spacial score (nSPS) is 15.2. The van der Waals surface area contributed by atoms with Crippen molar-refractivity contribution >= 4 is 34.8 Å². The van der Waals surface area contributed by atoms with Gasteiger partial charge >= 0.3 is 0 Å². The maximum atomic E-state index is 13.0. The lowest BCUT2D eigenvalue weighted by atomic mass is 9.87. The van der Waals surface area contributed by atoms with Gasteiger partial charge in [0.1, 0.15) is 11.4 Å². The van der Waals surface area contributed by atoms with Crippen LogP contribution in [0.15, 0.2) is 66.7 Å². The Labute approximate surface area is 190 Å². The number of fused-ring (bicyclic) bond motifs is 2. The molecule has 0 radical (unpaired) electrons. The van der Waals surface area contributed by atoms with Crippen molar-refractivity contribution in [1.82, 2.24) is 15.3 Å². The lowest BCUT2D eigenvalue weighted by Crippen LogP contribution is -2.31. The SMILES string of the molecule is O=Cc1nc2cc(C(=O)N[C@@H]3CCCc4ccccc43)ccc2nc1-c1ccc(Cl)cc1. The van der Waals surface area contributed by atoms with Crippen LogP contribution in [0.25, 0.3) is 22.3 Å². The average Bonchev–Trinajstić information content (AvgIpc) is 2.83. The van der Waals surface area contributed by atoms with E-state index in [1.165, 1.54) is 11.1 Å². The minimum absolute atomic E-state index is 0.00736. The van der Waals surface area contributed by atoms with Crippen molar-refractivity contribution in [3.63, 3.8) is 0 Å². The van der Waals surface area contributed by atoms with Crippen LogP contribution in [0, 0.1) is 0 Å². The number of nitrogens with one attached hydrogen (secondary N) is 1. The number of hydrogen-bond acceptors (Lipinski definition) is 4. The molecule has 5 nitrogen and oxygen atoms in total. The fourth-order valence-electron chi connectivity index (χ4n) is 4.26. The Morgan fingerprint density at radius 1 is 1.00 bits per heavy atom. The highest BCUT2D eigenvalue weighted by Crippen LogP contribution is 2.30. The predicted octanol–water partition coefficient (Wildman–Crippen LogP) is 5.57. The Morgan fingerprint density at radius 3 is 2.62 bits per heavy atom. The van der Waals surface area contributed by atoms with E-state index in [1.54, 1.807) is 42.5 Å².